The molecular weight excluding hydrogens is 194 g/mol. The maximum atomic E-state index is 11.6. The van der Waals surface area contributed by atoms with E-state index in [-0.39, 0.29) is 24.0 Å². The van der Waals surface area contributed by atoms with E-state index in [2.05, 4.69) is 0 Å². The molecule has 1 aliphatic rings. The van der Waals surface area contributed by atoms with E-state index in [1.807, 2.05) is 27.7 Å². The van der Waals surface area contributed by atoms with Gasteiger partial charge in [0.2, 0.25) is 5.91 Å². The highest BCUT2D eigenvalue weighted by Gasteiger charge is 2.35. The molecule has 0 aliphatic carbocycles. The quantitative estimate of drug-likeness (QED) is 0.766. The fraction of sp³-hybridized carbons (Fsp3) is 0.909. The van der Waals surface area contributed by atoms with Crippen LogP contribution in [0.1, 0.15) is 34.1 Å². The Morgan fingerprint density at radius 3 is 2.60 bits per heavy atom. The van der Waals surface area contributed by atoms with Gasteiger partial charge < -0.3 is 5.11 Å². The summed E-state index contributed by atoms with van der Waals surface area (Å²) in [5, 5.41) is 10.5. The summed E-state index contributed by atoms with van der Waals surface area (Å²) in [5.74, 6) is 0.367. The largest absolute Gasteiger partial charge is 0.396 e. The van der Waals surface area contributed by atoms with Crippen LogP contribution in [0.5, 0.6) is 0 Å². The highest BCUT2D eigenvalue weighted by Crippen LogP contribution is 2.25. The van der Waals surface area contributed by atoms with E-state index < -0.39 is 0 Å². The minimum atomic E-state index is -0.304. The number of carbonyl (C=O) groups excluding carboxylic acids is 1. The highest BCUT2D eigenvalue weighted by atomic mass is 16.7. The zero-order valence-corrected chi connectivity index (χ0v) is 9.99. The monoisotopic (exact) mass is 215 g/mol. The third kappa shape index (κ3) is 3.18. The Hall–Kier alpha value is -0.610. The zero-order chi connectivity index (χ0) is 11.6. The molecule has 1 rings (SSSR count). The Morgan fingerprint density at radius 2 is 2.20 bits per heavy atom. The minimum absolute atomic E-state index is 0.00741. The van der Waals surface area contributed by atoms with Crippen LogP contribution >= 0.6 is 0 Å². The van der Waals surface area contributed by atoms with Crippen LogP contribution in [0.15, 0.2) is 0 Å². The molecule has 0 aromatic heterocycles. The first-order chi connectivity index (χ1) is 6.85. The van der Waals surface area contributed by atoms with Crippen molar-refractivity contribution in [3.8, 4) is 0 Å². The van der Waals surface area contributed by atoms with Gasteiger partial charge in [0.25, 0.3) is 0 Å². The van der Waals surface area contributed by atoms with Crippen LogP contribution in [-0.2, 0) is 9.63 Å². The molecule has 1 heterocycles. The first-order valence-electron chi connectivity index (χ1n) is 5.44. The van der Waals surface area contributed by atoms with E-state index in [0.717, 1.165) is 0 Å². The number of amides is 1. The van der Waals surface area contributed by atoms with Crippen LogP contribution in [0.3, 0.4) is 0 Å². The second kappa shape index (κ2) is 4.49. The lowest BCUT2D eigenvalue weighted by Gasteiger charge is -2.27. The fourth-order valence-corrected chi connectivity index (χ4v) is 1.46. The average molecular weight is 215 g/mol. The van der Waals surface area contributed by atoms with Crippen molar-refractivity contribution in [2.45, 2.75) is 40.2 Å². The number of carbonyl (C=O) groups is 1. The minimum Gasteiger partial charge on any atom is -0.396 e. The van der Waals surface area contributed by atoms with Crippen molar-refractivity contribution in [2.24, 2.45) is 11.3 Å². The van der Waals surface area contributed by atoms with Gasteiger partial charge in [-0.25, -0.2) is 5.06 Å². The van der Waals surface area contributed by atoms with Crippen LogP contribution < -0.4 is 0 Å². The molecule has 0 bridgehead atoms. The summed E-state index contributed by atoms with van der Waals surface area (Å²) in [6, 6.07) is 0. The number of hydroxylamine groups is 2. The van der Waals surface area contributed by atoms with E-state index in [1.54, 1.807) is 0 Å². The summed E-state index contributed by atoms with van der Waals surface area (Å²) in [6.45, 7) is 8.40. The molecule has 0 saturated carbocycles. The summed E-state index contributed by atoms with van der Waals surface area (Å²) >= 11 is 0. The van der Waals surface area contributed by atoms with Gasteiger partial charge in [-0.05, 0) is 5.92 Å². The summed E-state index contributed by atoms with van der Waals surface area (Å²) in [7, 11) is 0. The number of aliphatic hydroxyl groups is 1. The van der Waals surface area contributed by atoms with Crippen LogP contribution in [0.2, 0.25) is 0 Å². The Balaban J connectivity index is 2.55. The van der Waals surface area contributed by atoms with Crippen LogP contribution in [0.25, 0.3) is 0 Å². The molecule has 1 N–H and O–H groups in total. The molecule has 0 aromatic rings. The van der Waals surface area contributed by atoms with Gasteiger partial charge in [-0.2, -0.15) is 0 Å². The number of nitrogens with zero attached hydrogens (tertiary/aromatic N) is 1. The van der Waals surface area contributed by atoms with E-state index in [0.29, 0.717) is 18.9 Å². The van der Waals surface area contributed by atoms with E-state index >= 15 is 0 Å². The molecule has 4 heteroatoms. The van der Waals surface area contributed by atoms with Crippen LogP contribution in [-0.4, -0.2) is 35.3 Å². The maximum absolute atomic E-state index is 11.6. The predicted octanol–water partition coefficient (Wildman–Crippen LogP) is 1.19. The van der Waals surface area contributed by atoms with Gasteiger partial charge in [0, 0.05) is 12.0 Å². The molecule has 1 fully saturated rings. The van der Waals surface area contributed by atoms with Crippen molar-refractivity contribution in [3.05, 3.63) is 0 Å². The predicted molar refractivity (Wildman–Crippen MR) is 56.9 cm³/mol. The SMILES string of the molecule is CC(C)C1CC(=O)N(CC(C)(C)CO)O1. The van der Waals surface area contributed by atoms with Crippen molar-refractivity contribution in [1.82, 2.24) is 5.06 Å². The van der Waals surface area contributed by atoms with Crippen LogP contribution in [0.4, 0.5) is 0 Å². The van der Waals surface area contributed by atoms with E-state index in [1.165, 1.54) is 5.06 Å². The molecule has 0 radical (unpaired) electrons. The van der Waals surface area contributed by atoms with Gasteiger partial charge in [-0.1, -0.05) is 27.7 Å². The number of rotatable bonds is 4. The first kappa shape index (κ1) is 12.5. The molecule has 0 aromatic carbocycles. The van der Waals surface area contributed by atoms with Crippen molar-refractivity contribution in [1.29, 1.82) is 0 Å². The molecule has 15 heavy (non-hydrogen) atoms. The lowest BCUT2D eigenvalue weighted by Crippen LogP contribution is -2.36. The molecular formula is C11H21NO3. The molecule has 1 aliphatic heterocycles. The summed E-state index contributed by atoms with van der Waals surface area (Å²) < 4.78 is 0. The molecule has 1 amide bonds. The Labute approximate surface area is 91.2 Å². The standard InChI is InChI=1S/C11H21NO3/c1-8(2)9-5-10(14)12(15-9)6-11(3,4)7-13/h8-9,13H,5-7H2,1-4H3. The summed E-state index contributed by atoms with van der Waals surface area (Å²) in [4.78, 5) is 17.1. The third-order valence-corrected chi connectivity index (χ3v) is 2.66. The van der Waals surface area contributed by atoms with Gasteiger partial charge in [-0.3, -0.25) is 9.63 Å². The second-order valence-corrected chi connectivity index (χ2v) is 5.34. The highest BCUT2D eigenvalue weighted by molar-refractivity contribution is 5.77. The van der Waals surface area contributed by atoms with Gasteiger partial charge >= 0.3 is 0 Å². The molecule has 0 spiro atoms. The Bertz CT molecular complexity index is 238. The number of hydrogen-bond acceptors (Lipinski definition) is 3. The van der Waals surface area contributed by atoms with Crippen LogP contribution in [0, 0.1) is 11.3 Å². The van der Waals surface area contributed by atoms with Crippen molar-refractivity contribution >= 4 is 5.91 Å². The fourth-order valence-electron chi connectivity index (χ4n) is 1.46. The van der Waals surface area contributed by atoms with Gasteiger partial charge in [0.15, 0.2) is 0 Å². The molecule has 1 unspecified atom stereocenters. The lowest BCUT2D eigenvalue weighted by molar-refractivity contribution is -0.187. The van der Waals surface area contributed by atoms with Gasteiger partial charge in [-0.15, -0.1) is 0 Å². The maximum Gasteiger partial charge on any atom is 0.248 e. The number of hydrogen-bond donors (Lipinski definition) is 1. The van der Waals surface area contributed by atoms with Crippen molar-refractivity contribution in [3.63, 3.8) is 0 Å². The Morgan fingerprint density at radius 1 is 1.60 bits per heavy atom. The van der Waals surface area contributed by atoms with E-state index in [4.69, 9.17) is 9.94 Å². The molecule has 4 nitrogen and oxygen atoms in total. The second-order valence-electron chi connectivity index (χ2n) is 5.34. The number of aliphatic hydroxyl groups excluding tert-OH is 1. The topological polar surface area (TPSA) is 49.8 Å². The normalized spacial score (nSPS) is 22.9. The van der Waals surface area contributed by atoms with Gasteiger partial charge in [0.1, 0.15) is 0 Å². The first-order valence-corrected chi connectivity index (χ1v) is 5.44. The zero-order valence-electron chi connectivity index (χ0n) is 9.99. The Kier molecular flexibility index (Phi) is 3.73. The summed E-state index contributed by atoms with van der Waals surface area (Å²) in [6.07, 6.45) is 0.450. The molecule has 1 atom stereocenters. The molecule has 1 saturated heterocycles. The summed E-state index contributed by atoms with van der Waals surface area (Å²) in [5.41, 5.74) is -0.304. The lowest BCUT2D eigenvalue weighted by atomic mass is 9.95. The van der Waals surface area contributed by atoms with E-state index in [9.17, 15) is 4.79 Å². The molecule has 88 valence electrons. The average Bonchev–Trinajstić information content (AvgIpc) is 2.47. The van der Waals surface area contributed by atoms with Crippen molar-refractivity contribution in [2.75, 3.05) is 13.2 Å². The smallest absolute Gasteiger partial charge is 0.248 e. The van der Waals surface area contributed by atoms with Crippen molar-refractivity contribution < 1.29 is 14.7 Å². The third-order valence-electron chi connectivity index (χ3n) is 2.66. The van der Waals surface area contributed by atoms with Gasteiger partial charge in [0.05, 0.1) is 19.1 Å².